The molecule has 1 aliphatic carbocycles. The zero-order chi connectivity index (χ0) is 11.8. The van der Waals surface area contributed by atoms with Gasteiger partial charge in [0, 0.05) is 0 Å². The highest BCUT2D eigenvalue weighted by molar-refractivity contribution is 5.95. The van der Waals surface area contributed by atoms with Gasteiger partial charge in [-0.25, -0.2) is 8.78 Å². The summed E-state index contributed by atoms with van der Waals surface area (Å²) in [6.07, 6.45) is 6.58. The van der Waals surface area contributed by atoms with Gasteiger partial charge < -0.3 is 5.32 Å². The number of carbonyl (C=O) groups is 1. The molecule has 2 nitrogen and oxygen atoms in total. The average Bonchev–Trinajstić information content (AvgIpc) is 3.02. The third-order valence-electron chi connectivity index (χ3n) is 2.58. The fraction of sp³-hybridized carbons (Fsp3) is 0.250. The number of hydrogen-bond donors (Lipinski definition) is 1. The molecule has 0 saturated heterocycles. The van der Waals surface area contributed by atoms with E-state index < -0.39 is 23.1 Å². The summed E-state index contributed by atoms with van der Waals surface area (Å²) in [6.45, 7) is 0. The Morgan fingerprint density at radius 1 is 1.44 bits per heavy atom. The molecule has 4 heteroatoms. The molecule has 0 spiro atoms. The summed E-state index contributed by atoms with van der Waals surface area (Å²) in [5.74, 6) is -0.424. The Kier molecular flexibility index (Phi) is 2.39. The molecule has 0 bridgehead atoms. The van der Waals surface area contributed by atoms with Gasteiger partial charge >= 0.3 is 0 Å². The van der Waals surface area contributed by atoms with Gasteiger partial charge in [-0.3, -0.25) is 4.79 Å². The van der Waals surface area contributed by atoms with Gasteiger partial charge in [0.05, 0.1) is 5.56 Å². The molecule has 1 amide bonds. The highest BCUT2D eigenvalue weighted by Gasteiger charge is 2.42. The van der Waals surface area contributed by atoms with Crippen LogP contribution >= 0.6 is 0 Å². The van der Waals surface area contributed by atoms with E-state index in [1.807, 2.05) is 0 Å². The van der Waals surface area contributed by atoms with E-state index in [0.29, 0.717) is 12.8 Å². The summed E-state index contributed by atoms with van der Waals surface area (Å²) >= 11 is 0. The van der Waals surface area contributed by atoms with Crippen molar-refractivity contribution >= 4 is 5.91 Å². The summed E-state index contributed by atoms with van der Waals surface area (Å²) < 4.78 is 26.1. The van der Waals surface area contributed by atoms with Crippen LogP contribution in [0.25, 0.3) is 0 Å². The largest absolute Gasteiger partial charge is 0.336 e. The molecule has 0 aliphatic heterocycles. The van der Waals surface area contributed by atoms with Crippen LogP contribution in [0.2, 0.25) is 0 Å². The minimum absolute atomic E-state index is 0.318. The predicted octanol–water partition coefficient (Wildman–Crippen LogP) is 1.86. The second-order valence-electron chi connectivity index (χ2n) is 3.78. The van der Waals surface area contributed by atoms with Crippen LogP contribution in [0.5, 0.6) is 0 Å². The molecule has 0 aromatic heterocycles. The van der Waals surface area contributed by atoms with Crippen LogP contribution in [0.15, 0.2) is 18.2 Å². The third kappa shape index (κ3) is 1.76. The molecular formula is C12H9F2NO. The highest BCUT2D eigenvalue weighted by Crippen LogP contribution is 2.34. The lowest BCUT2D eigenvalue weighted by Crippen LogP contribution is -2.36. The number of nitrogens with one attached hydrogen (secondary N) is 1. The summed E-state index contributed by atoms with van der Waals surface area (Å²) in [4.78, 5) is 11.6. The first kappa shape index (κ1) is 10.6. The fourth-order valence-electron chi connectivity index (χ4n) is 1.39. The molecule has 16 heavy (non-hydrogen) atoms. The summed E-state index contributed by atoms with van der Waals surface area (Å²) in [7, 11) is 0. The van der Waals surface area contributed by atoms with E-state index in [0.717, 1.165) is 6.07 Å². The normalized spacial score (nSPS) is 16.3. The predicted molar refractivity (Wildman–Crippen MR) is 54.6 cm³/mol. The van der Waals surface area contributed by atoms with Crippen molar-refractivity contribution in [1.82, 2.24) is 5.32 Å². The molecule has 0 radical (unpaired) electrons. The number of carbonyl (C=O) groups excluding carboxylic acids is 1. The molecule has 1 fully saturated rings. The molecule has 1 aromatic carbocycles. The van der Waals surface area contributed by atoms with Crippen LogP contribution in [0.3, 0.4) is 0 Å². The van der Waals surface area contributed by atoms with E-state index in [1.165, 1.54) is 12.1 Å². The molecule has 2 rings (SSSR count). The molecular weight excluding hydrogens is 212 g/mol. The van der Waals surface area contributed by atoms with Gasteiger partial charge in [-0.1, -0.05) is 12.0 Å². The van der Waals surface area contributed by atoms with Crippen LogP contribution in [-0.2, 0) is 0 Å². The Morgan fingerprint density at radius 3 is 2.69 bits per heavy atom. The van der Waals surface area contributed by atoms with Crippen LogP contribution < -0.4 is 5.32 Å². The first-order valence-corrected chi connectivity index (χ1v) is 4.82. The maximum Gasteiger partial charge on any atom is 0.255 e. The average molecular weight is 221 g/mol. The van der Waals surface area contributed by atoms with Gasteiger partial charge in [0.1, 0.15) is 5.54 Å². The van der Waals surface area contributed by atoms with Gasteiger partial charge in [0.15, 0.2) is 11.6 Å². The van der Waals surface area contributed by atoms with Crippen molar-refractivity contribution in [2.24, 2.45) is 0 Å². The van der Waals surface area contributed by atoms with Gasteiger partial charge in [0.25, 0.3) is 5.91 Å². The van der Waals surface area contributed by atoms with Crippen LogP contribution in [0.4, 0.5) is 8.78 Å². The molecule has 0 atom stereocenters. The fourth-order valence-corrected chi connectivity index (χ4v) is 1.39. The standard InChI is InChI=1S/C12H9F2NO/c1-2-12(6-7-12)15-11(16)8-4-3-5-9(13)10(8)14/h1,3-5H,6-7H2,(H,15,16). The summed E-state index contributed by atoms with van der Waals surface area (Å²) in [5.41, 5.74) is -0.975. The Bertz CT molecular complexity index is 486. The monoisotopic (exact) mass is 221 g/mol. The molecule has 1 aromatic rings. The minimum atomic E-state index is -1.15. The second-order valence-corrected chi connectivity index (χ2v) is 3.78. The van der Waals surface area contributed by atoms with Gasteiger partial charge in [-0.05, 0) is 25.0 Å². The highest BCUT2D eigenvalue weighted by atomic mass is 19.2. The Balaban J connectivity index is 2.22. The number of amides is 1. The molecule has 1 saturated carbocycles. The maximum atomic E-state index is 13.3. The van der Waals surface area contributed by atoms with Crippen molar-refractivity contribution in [1.29, 1.82) is 0 Å². The van der Waals surface area contributed by atoms with Gasteiger partial charge in [0.2, 0.25) is 0 Å². The van der Waals surface area contributed by atoms with Crippen LogP contribution in [0, 0.1) is 24.0 Å². The summed E-state index contributed by atoms with van der Waals surface area (Å²) in [6, 6.07) is 3.46. The SMILES string of the molecule is C#CC1(NC(=O)c2cccc(F)c2F)CC1. The zero-order valence-electron chi connectivity index (χ0n) is 8.39. The first-order valence-electron chi connectivity index (χ1n) is 4.82. The van der Waals surface area contributed by atoms with Gasteiger partial charge in [-0.2, -0.15) is 0 Å². The lowest BCUT2D eigenvalue weighted by Gasteiger charge is -2.11. The van der Waals surface area contributed by atoms with E-state index in [9.17, 15) is 13.6 Å². The van der Waals surface area contributed by atoms with Crippen molar-refractivity contribution in [3.63, 3.8) is 0 Å². The molecule has 82 valence electrons. The lowest BCUT2D eigenvalue weighted by molar-refractivity contribution is 0.0937. The quantitative estimate of drug-likeness (QED) is 0.759. The van der Waals surface area contributed by atoms with Crippen molar-refractivity contribution in [3.8, 4) is 12.3 Å². The number of terminal acetylenes is 1. The maximum absolute atomic E-state index is 13.3. The third-order valence-corrected chi connectivity index (χ3v) is 2.58. The zero-order valence-corrected chi connectivity index (χ0v) is 8.39. The summed E-state index contributed by atoms with van der Waals surface area (Å²) in [5, 5.41) is 2.52. The Hall–Kier alpha value is -1.89. The van der Waals surface area contributed by atoms with Crippen molar-refractivity contribution in [3.05, 3.63) is 35.4 Å². The number of halogens is 2. The van der Waals surface area contributed by atoms with E-state index in [1.54, 1.807) is 0 Å². The second kappa shape index (κ2) is 3.60. The van der Waals surface area contributed by atoms with E-state index in [4.69, 9.17) is 6.42 Å². The lowest BCUT2D eigenvalue weighted by atomic mass is 10.1. The topological polar surface area (TPSA) is 29.1 Å². The smallest absolute Gasteiger partial charge is 0.255 e. The number of rotatable bonds is 2. The van der Waals surface area contributed by atoms with Gasteiger partial charge in [-0.15, -0.1) is 6.42 Å². The molecule has 1 N–H and O–H groups in total. The van der Waals surface area contributed by atoms with Crippen LogP contribution in [-0.4, -0.2) is 11.4 Å². The minimum Gasteiger partial charge on any atom is -0.336 e. The van der Waals surface area contributed by atoms with Crippen LogP contribution in [0.1, 0.15) is 23.2 Å². The molecule has 1 aliphatic rings. The first-order chi connectivity index (χ1) is 7.58. The van der Waals surface area contributed by atoms with E-state index >= 15 is 0 Å². The van der Waals surface area contributed by atoms with Crippen molar-refractivity contribution in [2.75, 3.05) is 0 Å². The number of hydrogen-bond acceptors (Lipinski definition) is 1. The Morgan fingerprint density at radius 2 is 2.12 bits per heavy atom. The Labute approximate surface area is 91.7 Å². The molecule has 0 heterocycles. The van der Waals surface area contributed by atoms with Crippen molar-refractivity contribution in [2.45, 2.75) is 18.4 Å². The van der Waals surface area contributed by atoms with E-state index in [-0.39, 0.29) is 5.56 Å². The van der Waals surface area contributed by atoms with E-state index in [2.05, 4.69) is 11.2 Å². The molecule has 0 unspecified atom stereocenters. The number of benzene rings is 1. The van der Waals surface area contributed by atoms with Crippen molar-refractivity contribution < 1.29 is 13.6 Å².